The molecule has 2 aromatic heterocycles. The predicted molar refractivity (Wildman–Crippen MR) is 93.7 cm³/mol. The number of aromatic amines is 2. The summed E-state index contributed by atoms with van der Waals surface area (Å²) < 4.78 is 0. The second kappa shape index (κ2) is 5.18. The van der Waals surface area contributed by atoms with Crippen LogP contribution < -0.4 is 5.73 Å². The molecular formula is C19H15N3O. The molecule has 2 heterocycles. The summed E-state index contributed by atoms with van der Waals surface area (Å²) in [6, 6.07) is 15.8. The normalized spacial score (nSPS) is 12.1. The molecule has 0 radical (unpaired) electrons. The Kier molecular flexibility index (Phi) is 3.01. The van der Waals surface area contributed by atoms with Crippen LogP contribution in [0.3, 0.4) is 0 Å². The molecule has 0 fully saturated rings. The molecule has 4 N–H and O–H groups in total. The Balaban J connectivity index is 1.93. The molecule has 4 nitrogen and oxygen atoms in total. The van der Waals surface area contributed by atoms with Crippen LogP contribution in [-0.2, 0) is 4.79 Å². The number of amides is 1. The van der Waals surface area contributed by atoms with Gasteiger partial charge in [-0.1, -0.05) is 36.4 Å². The zero-order valence-electron chi connectivity index (χ0n) is 12.3. The van der Waals surface area contributed by atoms with Crippen molar-refractivity contribution < 1.29 is 4.79 Å². The predicted octanol–water partition coefficient (Wildman–Crippen LogP) is 3.68. The van der Waals surface area contributed by atoms with Gasteiger partial charge < -0.3 is 15.7 Å². The van der Waals surface area contributed by atoms with Gasteiger partial charge in [-0.3, -0.25) is 4.79 Å². The van der Waals surface area contributed by atoms with Crippen LogP contribution in [0.2, 0.25) is 0 Å². The van der Waals surface area contributed by atoms with Crippen molar-refractivity contribution in [2.45, 2.75) is 0 Å². The van der Waals surface area contributed by atoms with E-state index in [1.54, 1.807) is 0 Å². The van der Waals surface area contributed by atoms with Gasteiger partial charge in [0.1, 0.15) is 0 Å². The highest BCUT2D eigenvalue weighted by Gasteiger charge is 2.14. The number of carbonyl (C=O) groups is 1. The number of para-hydroxylation sites is 2. The van der Waals surface area contributed by atoms with E-state index in [-0.39, 0.29) is 0 Å². The summed E-state index contributed by atoms with van der Waals surface area (Å²) in [5.74, 6) is -0.444. The Morgan fingerprint density at radius 3 is 2.22 bits per heavy atom. The van der Waals surface area contributed by atoms with E-state index in [1.807, 2.05) is 67.0 Å². The average molecular weight is 301 g/mol. The number of H-pyrrole nitrogens is 2. The first-order valence-electron chi connectivity index (χ1n) is 7.38. The molecule has 0 bridgehead atoms. The minimum absolute atomic E-state index is 0.444. The van der Waals surface area contributed by atoms with E-state index in [0.717, 1.165) is 32.9 Å². The summed E-state index contributed by atoms with van der Waals surface area (Å²) in [5.41, 5.74) is 9.91. The molecule has 23 heavy (non-hydrogen) atoms. The van der Waals surface area contributed by atoms with E-state index in [9.17, 15) is 4.79 Å². The molecule has 0 aliphatic carbocycles. The van der Waals surface area contributed by atoms with Gasteiger partial charge in [-0.05, 0) is 18.2 Å². The van der Waals surface area contributed by atoms with Gasteiger partial charge in [-0.25, -0.2) is 0 Å². The topological polar surface area (TPSA) is 74.7 Å². The van der Waals surface area contributed by atoms with Crippen LogP contribution in [0.15, 0.2) is 60.9 Å². The fourth-order valence-corrected chi connectivity index (χ4v) is 2.94. The number of primary amides is 1. The van der Waals surface area contributed by atoms with Crippen molar-refractivity contribution >= 4 is 39.4 Å². The van der Waals surface area contributed by atoms with Gasteiger partial charge in [0.15, 0.2) is 0 Å². The fraction of sp³-hybridized carbons (Fsp3) is 0. The van der Waals surface area contributed by atoms with E-state index in [2.05, 4.69) is 9.97 Å². The van der Waals surface area contributed by atoms with Crippen LogP contribution in [0, 0.1) is 0 Å². The Hall–Kier alpha value is -3.27. The molecular weight excluding hydrogens is 286 g/mol. The standard InChI is InChI=1S/C19H15N3O/c20-19(23)15(16-11-22-18-8-4-2-6-14(16)18)9-12-10-21-17-7-3-1-5-13(12)17/h1-11,21-22H,(H2,20,23)/b15-9+. The van der Waals surface area contributed by atoms with E-state index in [0.29, 0.717) is 5.57 Å². The molecule has 0 aliphatic rings. The maximum Gasteiger partial charge on any atom is 0.249 e. The fourth-order valence-electron chi connectivity index (χ4n) is 2.94. The van der Waals surface area contributed by atoms with Gasteiger partial charge in [0, 0.05) is 50.9 Å². The molecule has 4 rings (SSSR count). The van der Waals surface area contributed by atoms with Crippen molar-refractivity contribution in [3.63, 3.8) is 0 Å². The van der Waals surface area contributed by atoms with Crippen LogP contribution >= 0.6 is 0 Å². The lowest BCUT2D eigenvalue weighted by atomic mass is 10.0. The van der Waals surface area contributed by atoms with Crippen molar-refractivity contribution in [1.29, 1.82) is 0 Å². The van der Waals surface area contributed by atoms with Gasteiger partial charge >= 0.3 is 0 Å². The second-order valence-corrected chi connectivity index (χ2v) is 5.46. The Bertz CT molecular complexity index is 1050. The summed E-state index contributed by atoms with van der Waals surface area (Å²) in [6.07, 6.45) is 5.56. The molecule has 112 valence electrons. The van der Waals surface area contributed by atoms with Gasteiger partial charge in [0.25, 0.3) is 0 Å². The van der Waals surface area contributed by atoms with Crippen molar-refractivity contribution in [2.24, 2.45) is 5.73 Å². The number of nitrogens with two attached hydrogens (primary N) is 1. The molecule has 4 heteroatoms. The summed E-state index contributed by atoms with van der Waals surface area (Å²) in [7, 11) is 0. The zero-order valence-corrected chi connectivity index (χ0v) is 12.3. The summed E-state index contributed by atoms with van der Waals surface area (Å²) in [5, 5.41) is 2.04. The maximum atomic E-state index is 12.0. The van der Waals surface area contributed by atoms with Gasteiger partial charge in [-0.15, -0.1) is 0 Å². The highest BCUT2D eigenvalue weighted by molar-refractivity contribution is 6.27. The highest BCUT2D eigenvalue weighted by Crippen LogP contribution is 2.28. The largest absolute Gasteiger partial charge is 0.366 e. The smallest absolute Gasteiger partial charge is 0.249 e. The quantitative estimate of drug-likeness (QED) is 0.496. The number of hydrogen-bond acceptors (Lipinski definition) is 1. The molecule has 1 amide bonds. The monoisotopic (exact) mass is 301 g/mol. The van der Waals surface area contributed by atoms with Crippen molar-refractivity contribution in [1.82, 2.24) is 9.97 Å². The molecule has 0 aliphatic heterocycles. The SMILES string of the molecule is NC(=O)/C(=C/c1c[nH]c2ccccc12)c1c[nH]c2ccccc12. The average Bonchev–Trinajstić information content (AvgIpc) is 3.16. The molecule has 0 saturated carbocycles. The first-order valence-corrected chi connectivity index (χ1v) is 7.38. The zero-order chi connectivity index (χ0) is 15.8. The van der Waals surface area contributed by atoms with Crippen molar-refractivity contribution in [3.05, 3.63) is 72.1 Å². The van der Waals surface area contributed by atoms with Gasteiger partial charge in [-0.2, -0.15) is 0 Å². The van der Waals surface area contributed by atoms with Crippen LogP contribution in [0.5, 0.6) is 0 Å². The summed E-state index contributed by atoms with van der Waals surface area (Å²) in [6.45, 7) is 0. The number of benzene rings is 2. The Morgan fingerprint density at radius 2 is 1.48 bits per heavy atom. The lowest BCUT2D eigenvalue weighted by Crippen LogP contribution is -2.12. The lowest BCUT2D eigenvalue weighted by Gasteiger charge is -2.02. The van der Waals surface area contributed by atoms with Gasteiger partial charge in [0.05, 0.1) is 0 Å². The van der Waals surface area contributed by atoms with E-state index in [1.165, 1.54) is 0 Å². The van der Waals surface area contributed by atoms with Crippen molar-refractivity contribution in [2.75, 3.05) is 0 Å². The molecule has 0 atom stereocenters. The number of rotatable bonds is 3. The van der Waals surface area contributed by atoms with E-state index < -0.39 is 5.91 Å². The molecule has 4 aromatic rings. The first-order chi connectivity index (χ1) is 11.2. The molecule has 0 spiro atoms. The number of aromatic nitrogens is 2. The third kappa shape index (κ3) is 2.21. The Morgan fingerprint density at radius 1 is 0.870 bits per heavy atom. The number of nitrogens with one attached hydrogen (secondary N) is 2. The summed E-state index contributed by atoms with van der Waals surface area (Å²) in [4.78, 5) is 18.4. The minimum atomic E-state index is -0.444. The third-order valence-electron chi connectivity index (χ3n) is 4.07. The Labute approximate surface area is 132 Å². The molecule has 0 saturated heterocycles. The second-order valence-electron chi connectivity index (χ2n) is 5.46. The van der Waals surface area contributed by atoms with Crippen LogP contribution in [0.1, 0.15) is 11.1 Å². The van der Waals surface area contributed by atoms with Gasteiger partial charge in [0.2, 0.25) is 5.91 Å². The number of carbonyl (C=O) groups excluding carboxylic acids is 1. The van der Waals surface area contributed by atoms with E-state index in [4.69, 9.17) is 5.73 Å². The number of fused-ring (bicyclic) bond motifs is 2. The highest BCUT2D eigenvalue weighted by atomic mass is 16.1. The molecule has 2 aromatic carbocycles. The van der Waals surface area contributed by atoms with Crippen molar-refractivity contribution in [3.8, 4) is 0 Å². The van der Waals surface area contributed by atoms with Crippen LogP contribution in [0.4, 0.5) is 0 Å². The summed E-state index contributed by atoms with van der Waals surface area (Å²) >= 11 is 0. The third-order valence-corrected chi connectivity index (χ3v) is 4.07. The number of hydrogen-bond donors (Lipinski definition) is 3. The lowest BCUT2D eigenvalue weighted by molar-refractivity contribution is -0.112. The molecule has 0 unspecified atom stereocenters. The van der Waals surface area contributed by atoms with E-state index >= 15 is 0 Å². The van der Waals surface area contributed by atoms with Crippen LogP contribution in [-0.4, -0.2) is 15.9 Å². The maximum absolute atomic E-state index is 12.0. The first kappa shape index (κ1) is 13.4. The minimum Gasteiger partial charge on any atom is -0.366 e. The van der Waals surface area contributed by atoms with Crippen LogP contribution in [0.25, 0.3) is 33.5 Å².